The molecule has 1 heterocycles. The minimum Gasteiger partial charge on any atom is -0.497 e. The van der Waals surface area contributed by atoms with Crippen molar-refractivity contribution in [3.8, 4) is 5.75 Å². The molecule has 1 fully saturated rings. The Balaban J connectivity index is 1.88. The molecule has 5 heteroatoms. The fourth-order valence-electron chi connectivity index (χ4n) is 3.68. The predicted molar refractivity (Wildman–Crippen MR) is 114 cm³/mol. The lowest BCUT2D eigenvalue weighted by atomic mass is 9.83. The van der Waals surface area contributed by atoms with Crippen LogP contribution in [0, 0.1) is 5.41 Å². The average Bonchev–Trinajstić information content (AvgIpc) is 2.75. The second-order valence-corrected chi connectivity index (χ2v) is 8.60. The lowest BCUT2D eigenvalue weighted by Crippen LogP contribution is -2.52. The zero-order valence-corrected chi connectivity index (χ0v) is 18.3. The van der Waals surface area contributed by atoms with Gasteiger partial charge in [-0.1, -0.05) is 32.9 Å². The number of carbonyl (C=O) groups is 3. The molecule has 0 aliphatic carbocycles. The SMILES string of the molecule is CCC(C)(C)C(=O)C(=O)N1CCCCC1C(=O)CCCCc1ccc(OC)cc1. The number of aryl methyl sites for hydroxylation is 1. The Morgan fingerprint density at radius 2 is 1.79 bits per heavy atom. The summed E-state index contributed by atoms with van der Waals surface area (Å²) in [6, 6.07) is 7.54. The van der Waals surface area contributed by atoms with Gasteiger partial charge in [0, 0.05) is 18.4 Å². The largest absolute Gasteiger partial charge is 0.497 e. The molecule has 0 radical (unpaired) electrons. The molecular formula is C24H35NO4. The highest BCUT2D eigenvalue weighted by Crippen LogP contribution is 2.26. The second kappa shape index (κ2) is 10.6. The molecule has 1 aromatic rings. The van der Waals surface area contributed by atoms with Crippen molar-refractivity contribution in [2.24, 2.45) is 5.41 Å². The van der Waals surface area contributed by atoms with Crippen LogP contribution in [0.5, 0.6) is 5.75 Å². The Kier molecular flexibility index (Phi) is 8.42. The molecule has 1 atom stereocenters. The van der Waals surface area contributed by atoms with E-state index < -0.39 is 17.4 Å². The molecule has 29 heavy (non-hydrogen) atoms. The van der Waals surface area contributed by atoms with Crippen LogP contribution in [0.1, 0.15) is 71.3 Å². The van der Waals surface area contributed by atoms with E-state index in [-0.39, 0.29) is 11.6 Å². The first-order chi connectivity index (χ1) is 13.8. The van der Waals surface area contributed by atoms with Crippen LogP contribution in [-0.4, -0.2) is 42.1 Å². The van der Waals surface area contributed by atoms with Crippen molar-refractivity contribution in [3.05, 3.63) is 29.8 Å². The van der Waals surface area contributed by atoms with E-state index in [4.69, 9.17) is 4.74 Å². The van der Waals surface area contributed by atoms with Crippen LogP contribution in [0.4, 0.5) is 0 Å². The first-order valence-corrected chi connectivity index (χ1v) is 10.8. The monoisotopic (exact) mass is 401 g/mol. The van der Waals surface area contributed by atoms with Crippen molar-refractivity contribution in [2.75, 3.05) is 13.7 Å². The van der Waals surface area contributed by atoms with Gasteiger partial charge >= 0.3 is 0 Å². The number of hydrogen-bond acceptors (Lipinski definition) is 4. The highest BCUT2D eigenvalue weighted by Gasteiger charge is 2.39. The molecule has 0 bridgehead atoms. The lowest BCUT2D eigenvalue weighted by molar-refractivity contribution is -0.153. The van der Waals surface area contributed by atoms with Gasteiger partial charge in [0.25, 0.3) is 5.91 Å². The Morgan fingerprint density at radius 3 is 2.41 bits per heavy atom. The number of carbonyl (C=O) groups excluding carboxylic acids is 3. The van der Waals surface area contributed by atoms with Gasteiger partial charge in [-0.05, 0) is 62.6 Å². The predicted octanol–water partition coefficient (Wildman–Crippen LogP) is 4.36. The fraction of sp³-hybridized carbons (Fsp3) is 0.625. The van der Waals surface area contributed by atoms with Gasteiger partial charge in [0.2, 0.25) is 5.78 Å². The van der Waals surface area contributed by atoms with Crippen molar-refractivity contribution in [2.45, 2.75) is 78.2 Å². The number of ether oxygens (including phenoxy) is 1. The number of benzene rings is 1. The molecule has 0 N–H and O–H groups in total. The van der Waals surface area contributed by atoms with E-state index >= 15 is 0 Å². The Labute approximate surface area is 174 Å². The zero-order chi connectivity index (χ0) is 21.4. The molecule has 0 aromatic heterocycles. The van der Waals surface area contributed by atoms with Crippen molar-refractivity contribution in [1.82, 2.24) is 4.90 Å². The van der Waals surface area contributed by atoms with Gasteiger partial charge in [0.15, 0.2) is 5.78 Å². The normalized spacial score (nSPS) is 17.1. The van der Waals surface area contributed by atoms with Crippen LogP contribution < -0.4 is 4.74 Å². The van der Waals surface area contributed by atoms with Gasteiger partial charge in [0.05, 0.1) is 13.2 Å². The molecule has 1 aliphatic heterocycles. The van der Waals surface area contributed by atoms with Crippen LogP contribution in [0.2, 0.25) is 0 Å². The number of methoxy groups -OCH3 is 1. The number of ketones is 2. The maximum atomic E-state index is 12.8. The van der Waals surface area contributed by atoms with Crippen molar-refractivity contribution < 1.29 is 19.1 Å². The van der Waals surface area contributed by atoms with E-state index in [1.165, 1.54) is 5.56 Å². The summed E-state index contributed by atoms with van der Waals surface area (Å²) in [6.07, 6.45) is 6.13. The molecule has 2 rings (SSSR count). The van der Waals surface area contributed by atoms with Gasteiger partial charge < -0.3 is 9.64 Å². The van der Waals surface area contributed by atoms with E-state index in [2.05, 4.69) is 0 Å². The fourth-order valence-corrected chi connectivity index (χ4v) is 3.68. The number of unbranched alkanes of at least 4 members (excludes halogenated alkanes) is 1. The van der Waals surface area contributed by atoms with E-state index in [1.807, 2.05) is 31.2 Å². The van der Waals surface area contributed by atoms with E-state index in [9.17, 15) is 14.4 Å². The minimum atomic E-state index is -0.680. The molecule has 0 spiro atoms. The quantitative estimate of drug-likeness (QED) is 0.431. The molecule has 160 valence electrons. The van der Waals surface area contributed by atoms with Crippen LogP contribution in [-0.2, 0) is 20.8 Å². The molecule has 0 saturated carbocycles. The number of nitrogens with zero attached hydrogens (tertiary/aromatic N) is 1. The lowest BCUT2D eigenvalue weighted by Gasteiger charge is -2.36. The van der Waals surface area contributed by atoms with Gasteiger partial charge in [-0.3, -0.25) is 14.4 Å². The van der Waals surface area contributed by atoms with Crippen LogP contribution in [0.25, 0.3) is 0 Å². The van der Waals surface area contributed by atoms with Gasteiger partial charge in [-0.2, -0.15) is 0 Å². The van der Waals surface area contributed by atoms with Crippen LogP contribution >= 0.6 is 0 Å². The minimum absolute atomic E-state index is 0.0925. The number of amides is 1. The third-order valence-corrected chi connectivity index (χ3v) is 6.13. The van der Waals surface area contributed by atoms with Crippen molar-refractivity contribution >= 4 is 17.5 Å². The third kappa shape index (κ3) is 6.15. The Bertz CT molecular complexity index is 708. The van der Waals surface area contributed by atoms with E-state index in [0.717, 1.165) is 37.9 Å². The maximum absolute atomic E-state index is 12.8. The molecule has 1 aliphatic rings. The topological polar surface area (TPSA) is 63.7 Å². The highest BCUT2D eigenvalue weighted by molar-refractivity contribution is 6.38. The smallest absolute Gasteiger partial charge is 0.291 e. The molecule has 1 unspecified atom stereocenters. The Morgan fingerprint density at radius 1 is 1.10 bits per heavy atom. The molecular weight excluding hydrogens is 366 g/mol. The number of rotatable bonds is 10. The van der Waals surface area contributed by atoms with Crippen molar-refractivity contribution in [3.63, 3.8) is 0 Å². The summed E-state index contributed by atoms with van der Waals surface area (Å²) in [5.41, 5.74) is 0.542. The first kappa shape index (κ1) is 23.1. The summed E-state index contributed by atoms with van der Waals surface area (Å²) in [5.74, 6) is 0.0778. The molecule has 1 aromatic carbocycles. The molecule has 5 nitrogen and oxygen atoms in total. The standard InChI is InChI=1S/C24H35NO4/c1-5-24(2,3)22(27)23(28)25-17-9-8-11-20(25)21(26)12-7-6-10-18-13-15-19(29-4)16-14-18/h13-16,20H,5-12,17H2,1-4H3. The summed E-state index contributed by atoms with van der Waals surface area (Å²) in [7, 11) is 1.65. The third-order valence-electron chi connectivity index (χ3n) is 6.13. The summed E-state index contributed by atoms with van der Waals surface area (Å²) >= 11 is 0. The van der Waals surface area contributed by atoms with Gasteiger partial charge in [-0.15, -0.1) is 0 Å². The summed E-state index contributed by atoms with van der Waals surface area (Å²) in [4.78, 5) is 39.8. The van der Waals surface area contributed by atoms with Crippen molar-refractivity contribution in [1.29, 1.82) is 0 Å². The number of hydrogen-bond donors (Lipinski definition) is 0. The van der Waals surface area contributed by atoms with Gasteiger partial charge in [-0.25, -0.2) is 0 Å². The number of likely N-dealkylation sites (tertiary alicyclic amines) is 1. The van der Waals surface area contributed by atoms with Crippen LogP contribution in [0.15, 0.2) is 24.3 Å². The number of piperidine rings is 1. The van der Waals surface area contributed by atoms with E-state index in [0.29, 0.717) is 25.8 Å². The Hall–Kier alpha value is -2.17. The first-order valence-electron chi connectivity index (χ1n) is 10.8. The average molecular weight is 402 g/mol. The molecule has 1 saturated heterocycles. The maximum Gasteiger partial charge on any atom is 0.291 e. The highest BCUT2D eigenvalue weighted by atomic mass is 16.5. The summed E-state index contributed by atoms with van der Waals surface area (Å²) in [5, 5.41) is 0. The zero-order valence-electron chi connectivity index (χ0n) is 18.3. The van der Waals surface area contributed by atoms with Crippen LogP contribution in [0.3, 0.4) is 0 Å². The summed E-state index contributed by atoms with van der Waals surface area (Å²) < 4.78 is 5.17. The summed E-state index contributed by atoms with van der Waals surface area (Å²) in [6.45, 7) is 6.01. The van der Waals surface area contributed by atoms with Gasteiger partial charge in [0.1, 0.15) is 5.75 Å². The molecule has 1 amide bonds. The number of Topliss-reactive ketones (excluding diaryl/α,β-unsaturated/α-hetero) is 2. The second-order valence-electron chi connectivity index (χ2n) is 8.60. The van der Waals surface area contributed by atoms with E-state index in [1.54, 1.807) is 25.9 Å².